The van der Waals surface area contributed by atoms with Gasteiger partial charge in [0.1, 0.15) is 0 Å². The third kappa shape index (κ3) is 3.50. The molecule has 0 aliphatic heterocycles. The molecule has 4 rings (SSSR count). The van der Waals surface area contributed by atoms with Crippen molar-refractivity contribution in [2.24, 2.45) is 11.8 Å². The van der Waals surface area contributed by atoms with Crippen molar-refractivity contribution in [3.8, 4) is 0 Å². The van der Waals surface area contributed by atoms with Gasteiger partial charge < -0.3 is 9.84 Å². The monoisotopic (exact) mass is 303 g/mol. The molecule has 0 saturated heterocycles. The van der Waals surface area contributed by atoms with Crippen LogP contribution in [0.1, 0.15) is 75.4 Å². The maximum Gasteiger partial charge on any atom is 0.227 e. The van der Waals surface area contributed by atoms with E-state index in [0.717, 1.165) is 24.1 Å². The quantitative estimate of drug-likeness (QED) is 0.877. The predicted molar refractivity (Wildman–Crippen MR) is 81.2 cm³/mol. The molecule has 0 bridgehead atoms. The number of amides is 1. The van der Waals surface area contributed by atoms with Gasteiger partial charge in [-0.15, -0.1) is 0 Å². The summed E-state index contributed by atoms with van der Waals surface area (Å²) in [5.41, 5.74) is 0. The van der Waals surface area contributed by atoms with E-state index in [-0.39, 0.29) is 5.91 Å². The van der Waals surface area contributed by atoms with Crippen LogP contribution in [0.5, 0.6) is 0 Å². The summed E-state index contributed by atoms with van der Waals surface area (Å²) in [5.74, 6) is 3.89. The molecule has 2 atom stereocenters. The smallest absolute Gasteiger partial charge is 0.227 e. The van der Waals surface area contributed by atoms with E-state index >= 15 is 0 Å². The second-order valence-electron chi connectivity index (χ2n) is 7.35. The molecule has 22 heavy (non-hydrogen) atoms. The molecule has 3 fully saturated rings. The third-order valence-corrected chi connectivity index (χ3v) is 5.36. The van der Waals surface area contributed by atoms with Crippen LogP contribution in [0.2, 0.25) is 0 Å². The Hall–Kier alpha value is -1.39. The van der Waals surface area contributed by atoms with Gasteiger partial charge in [-0.05, 0) is 50.4 Å². The van der Waals surface area contributed by atoms with Gasteiger partial charge in [0.2, 0.25) is 11.8 Å². The first-order valence-electron chi connectivity index (χ1n) is 8.90. The average Bonchev–Trinajstić information content (AvgIpc) is 3.44. The van der Waals surface area contributed by atoms with E-state index in [9.17, 15) is 4.79 Å². The molecule has 3 saturated carbocycles. The number of carbonyl (C=O) groups excluding carboxylic acids is 1. The molecule has 3 aliphatic rings. The molecular formula is C17H25N3O2. The molecule has 0 aromatic carbocycles. The molecule has 0 unspecified atom stereocenters. The molecule has 3 aliphatic carbocycles. The summed E-state index contributed by atoms with van der Waals surface area (Å²) in [5, 5.41) is 7.21. The Morgan fingerprint density at radius 2 is 2.00 bits per heavy atom. The van der Waals surface area contributed by atoms with Crippen molar-refractivity contribution >= 4 is 5.91 Å². The molecule has 5 nitrogen and oxygen atoms in total. The van der Waals surface area contributed by atoms with Crippen molar-refractivity contribution in [1.29, 1.82) is 0 Å². The number of aromatic nitrogens is 2. The minimum atomic E-state index is 0.132. The van der Waals surface area contributed by atoms with Crippen molar-refractivity contribution in [2.75, 3.05) is 0 Å². The van der Waals surface area contributed by atoms with E-state index in [1.807, 2.05) is 0 Å². The molecule has 1 N–H and O–H groups in total. The topological polar surface area (TPSA) is 68.0 Å². The molecule has 1 aromatic heterocycles. The van der Waals surface area contributed by atoms with Crippen LogP contribution in [0, 0.1) is 11.8 Å². The summed E-state index contributed by atoms with van der Waals surface area (Å²) in [6.07, 6.45) is 11.1. The van der Waals surface area contributed by atoms with Crippen LogP contribution in [0.4, 0.5) is 0 Å². The van der Waals surface area contributed by atoms with Crippen molar-refractivity contribution < 1.29 is 9.32 Å². The highest BCUT2D eigenvalue weighted by Crippen LogP contribution is 2.43. The lowest BCUT2D eigenvalue weighted by Gasteiger charge is -2.29. The third-order valence-electron chi connectivity index (χ3n) is 5.36. The van der Waals surface area contributed by atoms with Gasteiger partial charge in [-0.2, -0.15) is 4.98 Å². The molecule has 1 aromatic rings. The second kappa shape index (κ2) is 6.01. The van der Waals surface area contributed by atoms with E-state index in [0.29, 0.717) is 30.7 Å². The van der Waals surface area contributed by atoms with Gasteiger partial charge in [0.15, 0.2) is 5.82 Å². The fourth-order valence-corrected chi connectivity index (χ4v) is 3.75. The largest absolute Gasteiger partial charge is 0.353 e. The summed E-state index contributed by atoms with van der Waals surface area (Å²) >= 11 is 0. The van der Waals surface area contributed by atoms with Gasteiger partial charge in [0.05, 0.1) is 0 Å². The second-order valence-corrected chi connectivity index (χ2v) is 7.35. The van der Waals surface area contributed by atoms with Crippen LogP contribution in [-0.4, -0.2) is 22.1 Å². The summed E-state index contributed by atoms with van der Waals surface area (Å²) < 4.78 is 5.22. The average molecular weight is 303 g/mol. The molecule has 5 heteroatoms. The zero-order valence-corrected chi connectivity index (χ0v) is 13.1. The number of nitrogens with zero attached hydrogens (tertiary/aromatic N) is 2. The summed E-state index contributed by atoms with van der Waals surface area (Å²) in [7, 11) is 0. The van der Waals surface area contributed by atoms with Gasteiger partial charge in [0.25, 0.3) is 0 Å². The zero-order chi connectivity index (χ0) is 14.9. The Morgan fingerprint density at radius 3 is 2.77 bits per heavy atom. The standard InChI is InChI=1S/C17H25N3O2/c21-15(8-9-16-19-17(20-22-16)12-6-7-12)18-14-3-1-2-13(10-14)11-4-5-11/h11-14H,1-10H2,(H,18,21)/t13-,14+/m0/s1. The molecule has 0 radical (unpaired) electrons. The number of aryl methyl sites for hydroxylation is 1. The van der Waals surface area contributed by atoms with Crippen LogP contribution in [0.25, 0.3) is 0 Å². The van der Waals surface area contributed by atoms with E-state index in [1.165, 1.54) is 44.9 Å². The highest BCUT2D eigenvalue weighted by Gasteiger charge is 2.35. The van der Waals surface area contributed by atoms with E-state index in [4.69, 9.17) is 4.52 Å². The number of carbonyl (C=O) groups is 1. The highest BCUT2D eigenvalue weighted by molar-refractivity contribution is 5.76. The van der Waals surface area contributed by atoms with Crippen molar-refractivity contribution in [3.63, 3.8) is 0 Å². The lowest BCUT2D eigenvalue weighted by molar-refractivity contribution is -0.122. The maximum absolute atomic E-state index is 12.1. The predicted octanol–water partition coefficient (Wildman–Crippen LogP) is 2.96. The minimum Gasteiger partial charge on any atom is -0.353 e. The van der Waals surface area contributed by atoms with Crippen LogP contribution < -0.4 is 5.32 Å². The van der Waals surface area contributed by atoms with Gasteiger partial charge in [-0.3, -0.25) is 4.79 Å². The van der Waals surface area contributed by atoms with Crippen molar-refractivity contribution in [1.82, 2.24) is 15.5 Å². The number of nitrogens with one attached hydrogen (secondary N) is 1. The lowest BCUT2D eigenvalue weighted by atomic mass is 9.82. The Labute approximate surface area is 131 Å². The van der Waals surface area contributed by atoms with Gasteiger partial charge in [0, 0.05) is 24.8 Å². The first-order valence-corrected chi connectivity index (χ1v) is 8.90. The Balaban J connectivity index is 1.21. The summed E-state index contributed by atoms with van der Waals surface area (Å²) in [4.78, 5) is 16.5. The normalized spacial score (nSPS) is 28.5. The van der Waals surface area contributed by atoms with Crippen molar-refractivity contribution in [2.45, 2.75) is 76.2 Å². The van der Waals surface area contributed by atoms with Crippen LogP contribution in [0.15, 0.2) is 4.52 Å². The van der Waals surface area contributed by atoms with Gasteiger partial charge in [-0.25, -0.2) is 0 Å². The van der Waals surface area contributed by atoms with Crippen LogP contribution in [0.3, 0.4) is 0 Å². The number of hydrogen-bond donors (Lipinski definition) is 1. The molecular weight excluding hydrogens is 278 g/mol. The molecule has 1 amide bonds. The minimum absolute atomic E-state index is 0.132. The summed E-state index contributed by atoms with van der Waals surface area (Å²) in [6, 6.07) is 0.386. The SMILES string of the molecule is O=C(CCc1nc(C2CC2)no1)N[C@@H]1CCC[C@H](C2CC2)C1. The molecule has 1 heterocycles. The Morgan fingerprint density at radius 1 is 1.14 bits per heavy atom. The highest BCUT2D eigenvalue weighted by atomic mass is 16.5. The van der Waals surface area contributed by atoms with Gasteiger partial charge in [-0.1, -0.05) is 18.0 Å². The fourth-order valence-electron chi connectivity index (χ4n) is 3.75. The van der Waals surface area contributed by atoms with E-state index < -0.39 is 0 Å². The van der Waals surface area contributed by atoms with Crippen LogP contribution in [-0.2, 0) is 11.2 Å². The Bertz CT molecular complexity index is 534. The maximum atomic E-state index is 12.1. The molecule has 0 spiro atoms. The van der Waals surface area contributed by atoms with E-state index in [2.05, 4.69) is 15.5 Å². The number of hydrogen-bond acceptors (Lipinski definition) is 4. The van der Waals surface area contributed by atoms with E-state index in [1.54, 1.807) is 0 Å². The first kappa shape index (κ1) is 14.2. The Kier molecular flexibility index (Phi) is 3.89. The summed E-state index contributed by atoms with van der Waals surface area (Å²) in [6.45, 7) is 0. The van der Waals surface area contributed by atoms with Crippen molar-refractivity contribution in [3.05, 3.63) is 11.7 Å². The zero-order valence-electron chi connectivity index (χ0n) is 13.1. The first-order chi connectivity index (χ1) is 10.8. The lowest BCUT2D eigenvalue weighted by Crippen LogP contribution is -2.38. The van der Waals surface area contributed by atoms with Crippen LogP contribution >= 0.6 is 0 Å². The number of rotatable bonds is 6. The van der Waals surface area contributed by atoms with Gasteiger partial charge >= 0.3 is 0 Å². The molecule has 120 valence electrons. The fraction of sp³-hybridized carbons (Fsp3) is 0.824.